The molecule has 0 aromatic heterocycles. The normalized spacial score (nSPS) is 13.7. The maximum atomic E-state index is 13.5. The molecular formula is C30H27ClF3N3O5S. The first-order valence-corrected chi connectivity index (χ1v) is 14.9. The van der Waals surface area contributed by atoms with Crippen molar-refractivity contribution in [3.63, 3.8) is 0 Å². The quantitative estimate of drug-likeness (QED) is 0.247. The van der Waals surface area contributed by atoms with E-state index in [1.165, 1.54) is 30.3 Å². The summed E-state index contributed by atoms with van der Waals surface area (Å²) in [5.41, 5.74) is -0.301. The Balaban J connectivity index is 1.68. The fourth-order valence-electron chi connectivity index (χ4n) is 4.49. The monoisotopic (exact) mass is 633 g/mol. The number of aryl methyl sites for hydroxylation is 1. The van der Waals surface area contributed by atoms with Crippen molar-refractivity contribution in [1.82, 2.24) is 10.6 Å². The van der Waals surface area contributed by atoms with E-state index in [9.17, 15) is 31.2 Å². The predicted octanol–water partition coefficient (Wildman–Crippen LogP) is 5.26. The van der Waals surface area contributed by atoms with Gasteiger partial charge in [-0.15, -0.1) is 12.3 Å². The molecule has 0 spiro atoms. The molecule has 3 aromatic rings. The number of fused-ring (bicyclic) bond motifs is 1. The van der Waals surface area contributed by atoms with Crippen LogP contribution >= 0.6 is 11.6 Å². The Morgan fingerprint density at radius 2 is 1.91 bits per heavy atom. The molecule has 2 N–H and O–H groups in total. The van der Waals surface area contributed by atoms with Crippen LogP contribution in [0.1, 0.15) is 45.9 Å². The maximum absolute atomic E-state index is 13.5. The van der Waals surface area contributed by atoms with Gasteiger partial charge in [-0.1, -0.05) is 23.7 Å². The molecule has 3 aromatic carbocycles. The summed E-state index contributed by atoms with van der Waals surface area (Å²) in [7, 11) is -4.03. The molecule has 0 saturated heterocycles. The number of nitrogens with zero attached hydrogens (tertiary/aromatic N) is 1. The Morgan fingerprint density at radius 1 is 1.14 bits per heavy atom. The second-order valence-electron chi connectivity index (χ2n) is 9.69. The number of carbonyl (C=O) groups excluding carboxylic acids is 2. The summed E-state index contributed by atoms with van der Waals surface area (Å²) in [5, 5.41) is 5.05. The minimum absolute atomic E-state index is 0.0190. The molecule has 1 atom stereocenters. The van der Waals surface area contributed by atoms with Crippen LogP contribution in [-0.4, -0.2) is 39.9 Å². The zero-order valence-corrected chi connectivity index (χ0v) is 24.4. The first-order valence-electron chi connectivity index (χ1n) is 13.0. The molecule has 0 aliphatic carbocycles. The molecule has 0 fully saturated rings. The molecule has 0 saturated carbocycles. The van der Waals surface area contributed by atoms with Gasteiger partial charge in [-0.2, -0.15) is 13.2 Å². The lowest BCUT2D eigenvalue weighted by atomic mass is 9.99. The third-order valence-electron chi connectivity index (χ3n) is 6.60. The van der Waals surface area contributed by atoms with Gasteiger partial charge in [0.25, 0.3) is 15.9 Å². The van der Waals surface area contributed by atoms with Crippen LogP contribution in [0.4, 0.5) is 18.9 Å². The van der Waals surface area contributed by atoms with E-state index in [0.717, 1.165) is 28.1 Å². The summed E-state index contributed by atoms with van der Waals surface area (Å²) >= 11 is 6.25. The van der Waals surface area contributed by atoms with E-state index < -0.39 is 46.0 Å². The second kappa shape index (κ2) is 13.0. The van der Waals surface area contributed by atoms with Gasteiger partial charge in [0.05, 0.1) is 35.2 Å². The van der Waals surface area contributed by atoms with Gasteiger partial charge in [-0.05, 0) is 66.6 Å². The van der Waals surface area contributed by atoms with Crippen LogP contribution in [0.3, 0.4) is 0 Å². The van der Waals surface area contributed by atoms with Crippen molar-refractivity contribution < 1.29 is 35.9 Å². The molecule has 226 valence electrons. The van der Waals surface area contributed by atoms with Crippen LogP contribution in [0.25, 0.3) is 0 Å². The molecular weight excluding hydrogens is 607 g/mol. The number of hydrogen-bond acceptors (Lipinski definition) is 5. The zero-order chi connectivity index (χ0) is 31.4. The van der Waals surface area contributed by atoms with Crippen LogP contribution < -0.4 is 19.7 Å². The number of anilines is 1. The van der Waals surface area contributed by atoms with Gasteiger partial charge in [0.15, 0.2) is 0 Å². The predicted molar refractivity (Wildman–Crippen MR) is 155 cm³/mol. The van der Waals surface area contributed by atoms with Gasteiger partial charge >= 0.3 is 6.18 Å². The van der Waals surface area contributed by atoms with Gasteiger partial charge in [-0.3, -0.25) is 13.9 Å². The smallest absolute Gasteiger partial charge is 0.416 e. The largest absolute Gasteiger partial charge is 0.489 e. The van der Waals surface area contributed by atoms with Gasteiger partial charge in [0.2, 0.25) is 5.91 Å². The summed E-state index contributed by atoms with van der Waals surface area (Å²) in [5.74, 6) is 1.22. The number of nitrogens with one attached hydrogen (secondary N) is 2. The first-order chi connectivity index (χ1) is 20.3. The van der Waals surface area contributed by atoms with E-state index in [1.54, 1.807) is 19.1 Å². The number of halogens is 4. The van der Waals surface area contributed by atoms with Crippen molar-refractivity contribution in [3.05, 3.63) is 87.9 Å². The van der Waals surface area contributed by atoms with Gasteiger partial charge in [0, 0.05) is 23.6 Å². The summed E-state index contributed by atoms with van der Waals surface area (Å²) in [6, 6.07) is 11.8. The number of carbonyl (C=O) groups is 2. The van der Waals surface area contributed by atoms with Crippen molar-refractivity contribution in [1.29, 1.82) is 0 Å². The van der Waals surface area contributed by atoms with E-state index in [4.69, 9.17) is 22.8 Å². The second-order valence-corrected chi connectivity index (χ2v) is 12.0. The highest BCUT2D eigenvalue weighted by molar-refractivity contribution is 7.92. The third-order valence-corrected chi connectivity index (χ3v) is 8.76. The highest BCUT2D eigenvalue weighted by atomic mass is 35.5. The number of benzene rings is 3. The van der Waals surface area contributed by atoms with E-state index in [0.29, 0.717) is 0 Å². The summed E-state index contributed by atoms with van der Waals surface area (Å²) in [4.78, 5) is 26.2. The highest BCUT2D eigenvalue weighted by Gasteiger charge is 2.34. The third kappa shape index (κ3) is 7.42. The average Bonchev–Trinajstić information content (AvgIpc) is 2.96. The number of rotatable bonds is 9. The molecule has 1 aliphatic rings. The average molecular weight is 634 g/mol. The molecule has 1 aliphatic heterocycles. The van der Waals surface area contributed by atoms with Crippen LogP contribution in [0.5, 0.6) is 5.75 Å². The SMILES string of the molecule is C#CCCNC(=O)C[C@H](NC(=O)c1ccc2c(c1)N(S(=O)(=O)c1cccc(C)c1)CCO2)c1cc(C(F)(F)F)ccc1Cl. The first kappa shape index (κ1) is 31.7. The van der Waals surface area contributed by atoms with E-state index in [1.807, 2.05) is 0 Å². The summed E-state index contributed by atoms with van der Waals surface area (Å²) in [6.07, 6.45) is 0.289. The van der Waals surface area contributed by atoms with Crippen LogP contribution in [0, 0.1) is 19.3 Å². The summed E-state index contributed by atoms with van der Waals surface area (Å²) < 4.78 is 74.3. The lowest BCUT2D eigenvalue weighted by molar-refractivity contribution is -0.137. The fourth-order valence-corrected chi connectivity index (χ4v) is 6.29. The zero-order valence-electron chi connectivity index (χ0n) is 22.9. The molecule has 1 heterocycles. The van der Waals surface area contributed by atoms with Crippen molar-refractivity contribution in [3.8, 4) is 18.1 Å². The Kier molecular flexibility index (Phi) is 9.57. The molecule has 4 rings (SSSR count). The minimum Gasteiger partial charge on any atom is -0.489 e. The Morgan fingerprint density at radius 3 is 2.60 bits per heavy atom. The molecule has 0 unspecified atom stereocenters. The topological polar surface area (TPSA) is 105 Å². The van der Waals surface area contributed by atoms with E-state index in [-0.39, 0.29) is 58.6 Å². The maximum Gasteiger partial charge on any atom is 0.416 e. The van der Waals surface area contributed by atoms with Gasteiger partial charge in [-0.25, -0.2) is 8.42 Å². The van der Waals surface area contributed by atoms with Crippen LogP contribution in [0.15, 0.2) is 65.6 Å². The number of terminal acetylenes is 1. The Hall–Kier alpha value is -4.21. The number of alkyl halides is 3. The Bertz CT molecular complexity index is 1690. The minimum atomic E-state index is -4.70. The highest BCUT2D eigenvalue weighted by Crippen LogP contribution is 2.37. The van der Waals surface area contributed by atoms with Crippen molar-refractivity contribution in [2.75, 3.05) is 24.0 Å². The van der Waals surface area contributed by atoms with E-state index >= 15 is 0 Å². The lowest BCUT2D eigenvalue weighted by Crippen LogP contribution is -2.38. The number of amides is 2. The van der Waals surface area contributed by atoms with Gasteiger partial charge in [0.1, 0.15) is 12.4 Å². The molecule has 13 heteroatoms. The lowest BCUT2D eigenvalue weighted by Gasteiger charge is -2.31. The fraction of sp³-hybridized carbons (Fsp3) is 0.267. The van der Waals surface area contributed by atoms with Crippen molar-refractivity contribution >= 4 is 39.1 Å². The van der Waals surface area contributed by atoms with Gasteiger partial charge < -0.3 is 15.4 Å². The van der Waals surface area contributed by atoms with Crippen LogP contribution in [0.2, 0.25) is 5.02 Å². The molecule has 2 amide bonds. The number of ether oxygens (including phenoxy) is 1. The Labute approximate surface area is 252 Å². The molecule has 43 heavy (non-hydrogen) atoms. The van der Waals surface area contributed by atoms with E-state index in [2.05, 4.69) is 16.6 Å². The molecule has 8 nitrogen and oxygen atoms in total. The van der Waals surface area contributed by atoms with Crippen LogP contribution in [-0.2, 0) is 21.0 Å². The number of hydrogen-bond donors (Lipinski definition) is 2. The number of sulfonamides is 1. The standard InChI is InChI=1S/C30H27ClF3N3O5S/c1-3-4-12-35-28(38)18-25(23-17-21(30(32,33)34)9-10-24(23)31)36-29(39)20-8-11-27-26(16-20)37(13-14-42-27)43(40,41)22-7-5-6-19(2)15-22/h1,5-11,15-17,25H,4,12-14,18H2,2H3,(H,35,38)(H,36,39)/t25-/m0/s1. The van der Waals surface area contributed by atoms with Crippen molar-refractivity contribution in [2.24, 2.45) is 0 Å². The van der Waals surface area contributed by atoms with Crippen molar-refractivity contribution in [2.45, 2.75) is 36.9 Å². The summed E-state index contributed by atoms with van der Waals surface area (Å²) in [6.45, 7) is 1.95. The molecule has 0 radical (unpaired) electrons. The molecule has 0 bridgehead atoms.